The summed E-state index contributed by atoms with van der Waals surface area (Å²) in [7, 11) is 0. The highest BCUT2D eigenvalue weighted by atomic mass is 35.5. The zero-order valence-electron chi connectivity index (χ0n) is 33.6. The van der Waals surface area contributed by atoms with E-state index >= 15 is 0 Å². The Morgan fingerprint density at radius 3 is 2.43 bits per heavy atom. The Balaban J connectivity index is 0.688. The molecule has 2 aromatic heterocycles. The molecule has 9 rings (SSSR count). The zero-order valence-corrected chi connectivity index (χ0v) is 34.4. The topological polar surface area (TPSA) is 193 Å². The summed E-state index contributed by atoms with van der Waals surface area (Å²) < 4.78 is 5.83. The minimum atomic E-state index is -1.09. The first-order chi connectivity index (χ1) is 29.6. The highest BCUT2D eigenvalue weighted by molar-refractivity contribution is 6.33. The number of H-pyrrole nitrogens is 1. The minimum absolute atomic E-state index is 0.0159. The van der Waals surface area contributed by atoms with E-state index in [-0.39, 0.29) is 54.2 Å². The van der Waals surface area contributed by atoms with Gasteiger partial charge in [0, 0.05) is 94.0 Å². The number of fused-ring (bicyclic) bond motifs is 2. The van der Waals surface area contributed by atoms with Gasteiger partial charge in [0.05, 0.1) is 34.6 Å². The van der Waals surface area contributed by atoms with E-state index in [9.17, 15) is 28.8 Å². The molecule has 4 aromatic rings. The maximum absolute atomic E-state index is 13.4. The average Bonchev–Trinajstić information content (AvgIpc) is 3.97. The monoisotopic (exact) mass is 850 g/mol. The Labute approximate surface area is 356 Å². The predicted octanol–water partition coefficient (Wildman–Crippen LogP) is 2.63. The average molecular weight is 851 g/mol. The second-order valence-electron chi connectivity index (χ2n) is 16.4. The van der Waals surface area contributed by atoms with E-state index in [1.807, 2.05) is 35.4 Å². The van der Waals surface area contributed by atoms with Crippen molar-refractivity contribution in [2.45, 2.75) is 44.2 Å². The number of piperazine rings is 1. The molecule has 2 aromatic carbocycles. The van der Waals surface area contributed by atoms with Crippen LogP contribution in [-0.2, 0) is 19.2 Å². The summed E-state index contributed by atoms with van der Waals surface area (Å²) in [6.07, 6.45) is 6.35. The number of ether oxygens (including phenoxy) is 1. The second-order valence-corrected chi connectivity index (χ2v) is 16.8. The Hall–Kier alpha value is -5.91. The van der Waals surface area contributed by atoms with E-state index < -0.39 is 29.7 Å². The molecule has 0 bridgehead atoms. The van der Waals surface area contributed by atoms with Gasteiger partial charge in [-0.15, -0.1) is 0 Å². The first-order valence-electron chi connectivity index (χ1n) is 20.9. The normalized spacial score (nSPS) is 21.6. The van der Waals surface area contributed by atoms with Crippen LogP contribution < -0.4 is 15.4 Å². The summed E-state index contributed by atoms with van der Waals surface area (Å²) in [5, 5.41) is 7.17. The van der Waals surface area contributed by atoms with Gasteiger partial charge in [0.15, 0.2) is 6.61 Å². The number of para-hydroxylation sites is 1. The smallest absolute Gasteiger partial charge is 0.266 e. The van der Waals surface area contributed by atoms with Crippen molar-refractivity contribution in [3.63, 3.8) is 0 Å². The van der Waals surface area contributed by atoms with Gasteiger partial charge in [0.2, 0.25) is 23.7 Å². The quantitative estimate of drug-likeness (QED) is 0.187. The highest BCUT2D eigenvalue weighted by Crippen LogP contribution is 2.35. The van der Waals surface area contributed by atoms with Gasteiger partial charge < -0.3 is 24.8 Å². The maximum atomic E-state index is 13.4. The number of amides is 6. The van der Waals surface area contributed by atoms with Gasteiger partial charge in [-0.05, 0) is 49.8 Å². The fraction of sp³-hybridized carbons (Fsp3) is 0.442. The number of likely N-dealkylation sites (tertiary alicyclic amines) is 2. The number of rotatable bonds is 11. The molecule has 0 spiro atoms. The van der Waals surface area contributed by atoms with Crippen LogP contribution in [0.15, 0.2) is 54.9 Å². The number of nitrogens with zero attached hydrogens (tertiary/aromatic N) is 7. The van der Waals surface area contributed by atoms with Crippen molar-refractivity contribution in [1.82, 2.24) is 44.8 Å². The fourth-order valence-electron chi connectivity index (χ4n) is 9.21. The zero-order chi connectivity index (χ0) is 42.2. The van der Waals surface area contributed by atoms with Gasteiger partial charge in [0.25, 0.3) is 17.7 Å². The molecule has 4 fully saturated rings. The fourth-order valence-corrected chi connectivity index (χ4v) is 9.40. The van der Waals surface area contributed by atoms with Crippen LogP contribution in [0.25, 0.3) is 22.2 Å². The SMILES string of the molecule is O=C1CCC(N2C(=O)c3cccc(OCC(=O)N4CCN(CC5CCN(C(=O)CN6CC[C@@H](Nc7ncc(Cl)c(-c8c[nH]c9ccccc89)n7)C6)CC5)CC4)c3C2=O)C(=O)N1. The molecule has 5 aliphatic rings. The summed E-state index contributed by atoms with van der Waals surface area (Å²) in [6.45, 7) is 6.48. The molecule has 0 saturated carbocycles. The third-order valence-electron chi connectivity index (χ3n) is 12.5. The summed E-state index contributed by atoms with van der Waals surface area (Å²) in [5.41, 5.74) is 2.71. The standard InChI is InChI=1S/C43H47ClN10O7/c44-31-21-46-43(49-39(31)30-20-45-32-6-2-1-4-28(30)32)47-27-12-13-51(23-27)24-36(56)52-14-10-26(11-15-52)22-50-16-18-53(19-17-50)37(57)25-61-34-7-3-5-29-38(34)42(60)54(41(29)59)33-8-9-35(55)48-40(33)58/h1-7,20-21,26-27,33,45H,8-19,22-25H2,(H,46,47,49)(H,48,55,58)/t27-,33?/m1/s1. The van der Waals surface area contributed by atoms with Gasteiger partial charge in [0.1, 0.15) is 11.8 Å². The van der Waals surface area contributed by atoms with E-state index in [4.69, 9.17) is 21.3 Å². The first-order valence-corrected chi connectivity index (χ1v) is 21.3. The number of hydrogen-bond acceptors (Lipinski definition) is 12. The van der Waals surface area contributed by atoms with Crippen molar-refractivity contribution in [1.29, 1.82) is 0 Å². The van der Waals surface area contributed by atoms with E-state index in [2.05, 4.69) is 30.4 Å². The van der Waals surface area contributed by atoms with Gasteiger partial charge >= 0.3 is 0 Å². The van der Waals surface area contributed by atoms with E-state index in [0.29, 0.717) is 42.2 Å². The predicted molar refractivity (Wildman–Crippen MR) is 224 cm³/mol. The van der Waals surface area contributed by atoms with Crippen LogP contribution >= 0.6 is 11.6 Å². The molecule has 5 aliphatic heterocycles. The number of piperidine rings is 2. The van der Waals surface area contributed by atoms with Gasteiger partial charge in [-0.2, -0.15) is 0 Å². The molecule has 0 radical (unpaired) electrons. The van der Waals surface area contributed by atoms with Crippen molar-refractivity contribution in [3.8, 4) is 17.0 Å². The maximum Gasteiger partial charge on any atom is 0.266 e. The van der Waals surface area contributed by atoms with Crippen molar-refractivity contribution < 1.29 is 33.5 Å². The van der Waals surface area contributed by atoms with Crippen molar-refractivity contribution in [2.24, 2.45) is 5.92 Å². The molecule has 0 aliphatic carbocycles. The van der Waals surface area contributed by atoms with Crippen molar-refractivity contribution in [3.05, 3.63) is 71.0 Å². The molecule has 2 atom stereocenters. The number of carbonyl (C=O) groups is 6. The number of hydrogen-bond donors (Lipinski definition) is 3. The van der Waals surface area contributed by atoms with Crippen molar-refractivity contribution >= 4 is 63.9 Å². The van der Waals surface area contributed by atoms with Crippen molar-refractivity contribution in [2.75, 3.05) is 77.4 Å². The molecule has 61 heavy (non-hydrogen) atoms. The van der Waals surface area contributed by atoms with Crippen LogP contribution in [-0.4, -0.2) is 159 Å². The van der Waals surface area contributed by atoms with Crippen LogP contribution in [0.3, 0.4) is 0 Å². The Morgan fingerprint density at radius 2 is 1.62 bits per heavy atom. The summed E-state index contributed by atoms with van der Waals surface area (Å²) >= 11 is 6.54. The van der Waals surface area contributed by atoms with Gasteiger partial charge in [-0.25, -0.2) is 9.97 Å². The molecular weight excluding hydrogens is 804 g/mol. The minimum Gasteiger partial charge on any atom is -0.483 e. The molecule has 7 heterocycles. The third-order valence-corrected chi connectivity index (χ3v) is 12.8. The molecule has 318 valence electrons. The molecule has 6 amide bonds. The number of aromatic nitrogens is 3. The van der Waals surface area contributed by atoms with E-state index in [0.717, 1.165) is 86.4 Å². The molecule has 18 heteroatoms. The summed E-state index contributed by atoms with van der Waals surface area (Å²) in [6, 6.07) is 11.6. The number of nitrogens with one attached hydrogen (secondary N) is 3. The lowest BCUT2D eigenvalue weighted by molar-refractivity contribution is -0.137. The second kappa shape index (κ2) is 17.2. The van der Waals surface area contributed by atoms with Crippen LogP contribution in [0.1, 0.15) is 52.8 Å². The molecule has 17 nitrogen and oxygen atoms in total. The molecule has 1 unspecified atom stereocenters. The lowest BCUT2D eigenvalue weighted by Crippen LogP contribution is -2.54. The van der Waals surface area contributed by atoms with E-state index in [1.165, 1.54) is 12.1 Å². The number of benzene rings is 2. The Morgan fingerprint density at radius 1 is 0.836 bits per heavy atom. The van der Waals surface area contributed by atoms with Gasteiger partial charge in [-0.1, -0.05) is 35.9 Å². The summed E-state index contributed by atoms with van der Waals surface area (Å²) in [5.74, 6) is -1.45. The lowest BCUT2D eigenvalue weighted by atomic mass is 9.96. The number of anilines is 1. The molecule has 4 saturated heterocycles. The largest absolute Gasteiger partial charge is 0.483 e. The van der Waals surface area contributed by atoms with Gasteiger partial charge in [-0.3, -0.25) is 48.8 Å². The summed E-state index contributed by atoms with van der Waals surface area (Å²) in [4.78, 5) is 98.8. The van der Waals surface area contributed by atoms with Crippen LogP contribution in [0.2, 0.25) is 5.02 Å². The number of aromatic amines is 1. The third kappa shape index (κ3) is 8.41. The number of halogens is 1. The highest BCUT2D eigenvalue weighted by Gasteiger charge is 2.46. The van der Waals surface area contributed by atoms with E-state index in [1.54, 1.807) is 17.2 Å². The number of imide groups is 2. The van der Waals surface area contributed by atoms with Crippen LogP contribution in [0.4, 0.5) is 5.95 Å². The number of carbonyl (C=O) groups excluding carboxylic acids is 6. The molecular formula is C43H47ClN10O7. The Bertz CT molecular complexity index is 2390. The first kappa shape index (κ1) is 40.5. The molecule has 3 N–H and O–H groups in total. The van der Waals surface area contributed by atoms with Crippen LogP contribution in [0, 0.1) is 5.92 Å². The lowest BCUT2D eigenvalue weighted by Gasteiger charge is -2.39. The van der Waals surface area contributed by atoms with Crippen LogP contribution in [0.5, 0.6) is 5.75 Å². The Kier molecular flexibility index (Phi) is 11.4.